The van der Waals surface area contributed by atoms with Gasteiger partial charge in [-0.25, -0.2) is 4.79 Å². The Morgan fingerprint density at radius 3 is 2.82 bits per heavy atom. The Bertz CT molecular complexity index is 725. The van der Waals surface area contributed by atoms with E-state index < -0.39 is 24.5 Å². The second kappa shape index (κ2) is 7.40. The average molecular weight is 340 g/mol. The SMILES string of the molecule is COC(=O)[C@H](CO)NC(=O)/C=C/c1sc2ccccc2c1Cl. The second-order valence-corrected chi connectivity index (χ2v) is 5.84. The minimum Gasteiger partial charge on any atom is -0.467 e. The summed E-state index contributed by atoms with van der Waals surface area (Å²) >= 11 is 7.72. The van der Waals surface area contributed by atoms with E-state index in [0.29, 0.717) is 5.02 Å². The fourth-order valence-corrected chi connectivity index (χ4v) is 3.23. The maximum absolute atomic E-state index is 11.8. The zero-order valence-corrected chi connectivity index (χ0v) is 13.3. The monoisotopic (exact) mass is 339 g/mol. The van der Waals surface area contributed by atoms with Gasteiger partial charge in [0.05, 0.1) is 18.7 Å². The van der Waals surface area contributed by atoms with Gasteiger partial charge in [-0.1, -0.05) is 29.8 Å². The van der Waals surface area contributed by atoms with Crippen LogP contribution in [-0.2, 0) is 14.3 Å². The highest BCUT2D eigenvalue weighted by Crippen LogP contribution is 2.35. The van der Waals surface area contributed by atoms with Gasteiger partial charge in [0.1, 0.15) is 0 Å². The van der Waals surface area contributed by atoms with E-state index in [0.717, 1.165) is 15.0 Å². The molecule has 1 heterocycles. The largest absolute Gasteiger partial charge is 0.467 e. The standard InChI is InChI=1S/C15H14ClNO4S/c1-21-15(20)10(8-18)17-13(19)7-6-12-14(16)9-4-2-3-5-11(9)22-12/h2-7,10,18H,8H2,1H3,(H,17,19)/b7-6+/t10-/m0/s1. The fourth-order valence-electron chi connectivity index (χ4n) is 1.83. The molecule has 0 aliphatic rings. The average Bonchev–Trinajstić information content (AvgIpc) is 2.86. The van der Waals surface area contributed by atoms with Crippen molar-refractivity contribution in [1.29, 1.82) is 0 Å². The normalized spacial score (nSPS) is 12.5. The van der Waals surface area contributed by atoms with Crippen molar-refractivity contribution in [3.05, 3.63) is 40.2 Å². The van der Waals surface area contributed by atoms with Crippen LogP contribution in [0.2, 0.25) is 5.02 Å². The molecule has 116 valence electrons. The van der Waals surface area contributed by atoms with Gasteiger partial charge in [-0.3, -0.25) is 4.79 Å². The van der Waals surface area contributed by atoms with E-state index in [9.17, 15) is 9.59 Å². The number of aliphatic hydroxyl groups excluding tert-OH is 1. The Morgan fingerprint density at radius 2 is 2.18 bits per heavy atom. The minimum absolute atomic E-state index is 0.516. The molecule has 1 aromatic carbocycles. The first kappa shape index (κ1) is 16.5. The summed E-state index contributed by atoms with van der Waals surface area (Å²) in [5, 5.41) is 12.9. The van der Waals surface area contributed by atoms with Crippen molar-refractivity contribution in [2.24, 2.45) is 0 Å². The van der Waals surface area contributed by atoms with Crippen LogP contribution in [0.15, 0.2) is 30.3 Å². The summed E-state index contributed by atoms with van der Waals surface area (Å²) in [5.74, 6) is -1.22. The first-order valence-electron chi connectivity index (χ1n) is 6.41. The number of hydrogen-bond donors (Lipinski definition) is 2. The van der Waals surface area contributed by atoms with Crippen molar-refractivity contribution < 1.29 is 19.4 Å². The summed E-state index contributed by atoms with van der Waals surface area (Å²) in [4.78, 5) is 23.8. The van der Waals surface area contributed by atoms with Crippen molar-refractivity contribution in [3.8, 4) is 0 Å². The second-order valence-electron chi connectivity index (χ2n) is 4.38. The number of halogens is 1. The van der Waals surface area contributed by atoms with Gasteiger partial charge in [-0.2, -0.15) is 0 Å². The number of amides is 1. The summed E-state index contributed by atoms with van der Waals surface area (Å²) in [6.07, 6.45) is 2.84. The summed E-state index contributed by atoms with van der Waals surface area (Å²) in [6, 6.07) is 6.58. The van der Waals surface area contributed by atoms with E-state index >= 15 is 0 Å². The zero-order valence-electron chi connectivity index (χ0n) is 11.7. The molecule has 7 heteroatoms. The number of methoxy groups -OCH3 is 1. The number of nitrogens with one attached hydrogen (secondary N) is 1. The first-order chi connectivity index (χ1) is 10.6. The van der Waals surface area contributed by atoms with Crippen LogP contribution in [0.3, 0.4) is 0 Å². The molecule has 1 amide bonds. The molecule has 0 spiro atoms. The number of carbonyl (C=O) groups excluding carboxylic acids is 2. The van der Waals surface area contributed by atoms with Crippen molar-refractivity contribution in [2.75, 3.05) is 13.7 Å². The zero-order chi connectivity index (χ0) is 16.1. The van der Waals surface area contributed by atoms with Gasteiger partial charge in [-0.15, -0.1) is 11.3 Å². The molecule has 2 aromatic rings. The third-order valence-corrected chi connectivity index (χ3v) is 4.59. The molecule has 0 saturated carbocycles. The first-order valence-corrected chi connectivity index (χ1v) is 7.60. The molecule has 2 rings (SSSR count). The summed E-state index contributed by atoms with van der Waals surface area (Å²) in [6.45, 7) is -0.532. The molecule has 22 heavy (non-hydrogen) atoms. The minimum atomic E-state index is -1.08. The molecule has 1 aromatic heterocycles. The van der Waals surface area contributed by atoms with Crippen LogP contribution in [0.1, 0.15) is 4.88 Å². The summed E-state index contributed by atoms with van der Waals surface area (Å²) in [5.41, 5.74) is 0. The number of benzene rings is 1. The van der Waals surface area contributed by atoms with E-state index in [1.807, 2.05) is 24.3 Å². The Hall–Kier alpha value is -1.89. The smallest absolute Gasteiger partial charge is 0.330 e. The third kappa shape index (κ3) is 3.65. The Kier molecular flexibility index (Phi) is 5.54. The topological polar surface area (TPSA) is 75.6 Å². The molecular weight excluding hydrogens is 326 g/mol. The van der Waals surface area contributed by atoms with Crippen LogP contribution in [-0.4, -0.2) is 36.7 Å². The number of ether oxygens (including phenoxy) is 1. The van der Waals surface area contributed by atoms with Gasteiger partial charge >= 0.3 is 5.97 Å². The molecular formula is C15H14ClNO4S. The molecule has 1 atom stereocenters. The Labute approximate surface area is 136 Å². The van der Waals surface area contributed by atoms with Crippen molar-refractivity contribution in [2.45, 2.75) is 6.04 Å². The van der Waals surface area contributed by atoms with Gasteiger partial charge in [0, 0.05) is 21.0 Å². The Morgan fingerprint density at radius 1 is 1.45 bits per heavy atom. The lowest BCUT2D eigenvalue weighted by Crippen LogP contribution is -2.43. The molecule has 0 bridgehead atoms. The number of hydrogen-bond acceptors (Lipinski definition) is 5. The molecule has 0 aliphatic heterocycles. The highest BCUT2D eigenvalue weighted by atomic mass is 35.5. The molecule has 0 fully saturated rings. The van der Waals surface area contributed by atoms with E-state index in [1.54, 1.807) is 6.08 Å². The highest BCUT2D eigenvalue weighted by Gasteiger charge is 2.19. The fraction of sp³-hybridized carbons (Fsp3) is 0.200. The van der Waals surface area contributed by atoms with Gasteiger partial charge in [0.2, 0.25) is 5.91 Å². The third-order valence-electron chi connectivity index (χ3n) is 2.93. The number of aliphatic hydroxyl groups is 1. The maximum atomic E-state index is 11.8. The molecule has 0 radical (unpaired) electrons. The van der Waals surface area contributed by atoms with Gasteiger partial charge in [-0.05, 0) is 12.1 Å². The van der Waals surface area contributed by atoms with Crippen LogP contribution in [0, 0.1) is 0 Å². The van der Waals surface area contributed by atoms with Crippen molar-refractivity contribution >= 4 is 51.0 Å². The van der Waals surface area contributed by atoms with E-state index in [4.69, 9.17) is 16.7 Å². The number of thiophene rings is 1. The quantitative estimate of drug-likeness (QED) is 0.647. The highest BCUT2D eigenvalue weighted by molar-refractivity contribution is 7.20. The summed E-state index contributed by atoms with van der Waals surface area (Å²) in [7, 11) is 1.18. The van der Waals surface area contributed by atoms with E-state index in [2.05, 4.69) is 10.1 Å². The van der Waals surface area contributed by atoms with Gasteiger partial charge in [0.25, 0.3) is 0 Å². The van der Waals surface area contributed by atoms with Gasteiger partial charge < -0.3 is 15.2 Å². The van der Waals surface area contributed by atoms with Crippen LogP contribution in [0.4, 0.5) is 0 Å². The number of fused-ring (bicyclic) bond motifs is 1. The lowest BCUT2D eigenvalue weighted by atomic mass is 10.2. The molecule has 0 aliphatic carbocycles. The van der Waals surface area contributed by atoms with E-state index in [1.165, 1.54) is 24.5 Å². The summed E-state index contributed by atoms with van der Waals surface area (Å²) < 4.78 is 5.49. The van der Waals surface area contributed by atoms with Crippen molar-refractivity contribution in [1.82, 2.24) is 5.32 Å². The number of carbonyl (C=O) groups is 2. The molecule has 0 unspecified atom stereocenters. The lowest BCUT2D eigenvalue weighted by molar-refractivity contribution is -0.145. The molecule has 2 N–H and O–H groups in total. The van der Waals surface area contributed by atoms with Crippen LogP contribution in [0.5, 0.6) is 0 Å². The number of esters is 1. The Balaban J connectivity index is 2.11. The maximum Gasteiger partial charge on any atom is 0.330 e. The number of rotatable bonds is 5. The predicted molar refractivity (Wildman–Crippen MR) is 86.9 cm³/mol. The lowest BCUT2D eigenvalue weighted by Gasteiger charge is -2.11. The van der Waals surface area contributed by atoms with Crippen LogP contribution < -0.4 is 5.32 Å². The molecule has 5 nitrogen and oxygen atoms in total. The molecule has 0 saturated heterocycles. The van der Waals surface area contributed by atoms with E-state index in [-0.39, 0.29) is 0 Å². The van der Waals surface area contributed by atoms with Crippen LogP contribution >= 0.6 is 22.9 Å². The van der Waals surface area contributed by atoms with Crippen LogP contribution in [0.25, 0.3) is 16.2 Å². The predicted octanol–water partition coefficient (Wildman–Crippen LogP) is 2.22. The van der Waals surface area contributed by atoms with Crippen molar-refractivity contribution in [3.63, 3.8) is 0 Å². The van der Waals surface area contributed by atoms with Gasteiger partial charge in [0.15, 0.2) is 6.04 Å².